The summed E-state index contributed by atoms with van der Waals surface area (Å²) in [6, 6.07) is 8.54. The molecule has 0 bridgehead atoms. The van der Waals surface area contributed by atoms with Crippen molar-refractivity contribution in [3.05, 3.63) is 58.4 Å². The largest absolute Gasteiger partial charge is 0.465 e. The van der Waals surface area contributed by atoms with E-state index in [-0.39, 0.29) is 29.5 Å². The molecule has 1 fully saturated rings. The highest BCUT2D eigenvalue weighted by Crippen LogP contribution is 2.30. The number of halogens is 2. The summed E-state index contributed by atoms with van der Waals surface area (Å²) in [5, 5.41) is 5.41. The van der Waals surface area contributed by atoms with E-state index in [0.717, 1.165) is 43.8 Å². The summed E-state index contributed by atoms with van der Waals surface area (Å²) < 4.78 is 17.9. The molecule has 31 heavy (non-hydrogen) atoms. The fraction of sp³-hybridized carbons (Fsp3) is 0.318. The zero-order valence-corrected chi connectivity index (χ0v) is 17.8. The molecule has 0 aliphatic carbocycles. The highest BCUT2D eigenvalue weighted by atomic mass is 35.5. The predicted octanol–water partition coefficient (Wildman–Crippen LogP) is 3.62. The van der Waals surface area contributed by atoms with Gasteiger partial charge < -0.3 is 20.3 Å². The second-order valence-electron chi connectivity index (χ2n) is 7.10. The minimum atomic E-state index is -0.538. The molecule has 2 aromatic carbocycles. The minimum Gasteiger partial charge on any atom is -0.465 e. The summed E-state index contributed by atoms with van der Waals surface area (Å²) in [6.45, 7) is 1.80. The Morgan fingerprint density at radius 2 is 1.87 bits per heavy atom. The van der Waals surface area contributed by atoms with E-state index in [9.17, 15) is 18.8 Å². The zero-order chi connectivity index (χ0) is 22.4. The van der Waals surface area contributed by atoms with E-state index in [1.165, 1.54) is 13.2 Å². The van der Waals surface area contributed by atoms with Gasteiger partial charge in [0.05, 0.1) is 34.6 Å². The van der Waals surface area contributed by atoms with E-state index in [4.69, 9.17) is 16.3 Å². The van der Waals surface area contributed by atoms with Crippen LogP contribution in [0.2, 0.25) is 5.02 Å². The van der Waals surface area contributed by atoms with E-state index in [1.807, 2.05) is 0 Å². The van der Waals surface area contributed by atoms with Gasteiger partial charge in [-0.25, -0.2) is 9.18 Å². The van der Waals surface area contributed by atoms with Gasteiger partial charge in [0.2, 0.25) is 5.91 Å². The molecule has 0 saturated carbocycles. The van der Waals surface area contributed by atoms with Gasteiger partial charge in [-0.3, -0.25) is 9.59 Å². The van der Waals surface area contributed by atoms with E-state index >= 15 is 0 Å². The van der Waals surface area contributed by atoms with Crippen molar-refractivity contribution in [2.24, 2.45) is 0 Å². The number of methoxy groups -OCH3 is 1. The Balaban J connectivity index is 1.63. The SMILES string of the molecule is COC(=O)c1ccc(N2CCCC2)c(NC(=O)CCNC(=O)c2ccc(F)cc2Cl)c1. The van der Waals surface area contributed by atoms with Gasteiger partial charge in [-0.05, 0) is 49.2 Å². The monoisotopic (exact) mass is 447 g/mol. The van der Waals surface area contributed by atoms with Gasteiger partial charge >= 0.3 is 5.97 Å². The summed E-state index contributed by atoms with van der Waals surface area (Å²) in [5.74, 6) is -1.85. The van der Waals surface area contributed by atoms with Gasteiger partial charge in [0, 0.05) is 26.1 Å². The Labute approximate surface area is 184 Å². The normalized spacial score (nSPS) is 13.1. The number of esters is 1. The van der Waals surface area contributed by atoms with E-state index in [2.05, 4.69) is 15.5 Å². The Kier molecular flexibility index (Phi) is 7.46. The number of anilines is 2. The molecule has 164 valence electrons. The molecule has 1 saturated heterocycles. The fourth-order valence-electron chi connectivity index (χ4n) is 3.39. The lowest BCUT2D eigenvalue weighted by atomic mass is 10.1. The molecule has 0 aromatic heterocycles. The quantitative estimate of drug-likeness (QED) is 0.633. The molecule has 3 rings (SSSR count). The minimum absolute atomic E-state index is 0.00293. The molecular weight excluding hydrogens is 425 g/mol. The van der Waals surface area contributed by atoms with Crippen LogP contribution in [0.1, 0.15) is 40.0 Å². The second kappa shape index (κ2) is 10.3. The van der Waals surface area contributed by atoms with Crippen molar-refractivity contribution < 1.29 is 23.5 Å². The lowest BCUT2D eigenvalue weighted by Gasteiger charge is -2.22. The molecule has 0 radical (unpaired) electrons. The number of rotatable bonds is 7. The van der Waals surface area contributed by atoms with Crippen molar-refractivity contribution in [2.75, 3.05) is 37.0 Å². The topological polar surface area (TPSA) is 87.7 Å². The summed E-state index contributed by atoms with van der Waals surface area (Å²) in [4.78, 5) is 38.7. The van der Waals surface area contributed by atoms with Crippen molar-refractivity contribution in [1.29, 1.82) is 0 Å². The average Bonchev–Trinajstić information content (AvgIpc) is 3.27. The van der Waals surface area contributed by atoms with Crippen LogP contribution >= 0.6 is 11.6 Å². The highest BCUT2D eigenvalue weighted by Gasteiger charge is 2.19. The lowest BCUT2D eigenvalue weighted by Crippen LogP contribution is -2.28. The Bertz CT molecular complexity index is 993. The summed E-state index contributed by atoms with van der Waals surface area (Å²) in [6.07, 6.45) is 2.13. The van der Waals surface area contributed by atoms with Crippen LogP contribution < -0.4 is 15.5 Å². The molecule has 9 heteroatoms. The third-order valence-electron chi connectivity index (χ3n) is 4.95. The smallest absolute Gasteiger partial charge is 0.337 e. The third kappa shape index (κ3) is 5.73. The van der Waals surface area contributed by atoms with Crippen LogP contribution in [0, 0.1) is 5.82 Å². The van der Waals surface area contributed by atoms with E-state index < -0.39 is 17.7 Å². The number of nitrogens with zero attached hydrogens (tertiary/aromatic N) is 1. The Morgan fingerprint density at radius 1 is 1.13 bits per heavy atom. The molecule has 1 aliphatic rings. The van der Waals surface area contributed by atoms with Crippen LogP contribution in [-0.4, -0.2) is 44.5 Å². The fourth-order valence-corrected chi connectivity index (χ4v) is 3.64. The Morgan fingerprint density at radius 3 is 2.55 bits per heavy atom. The molecule has 1 aliphatic heterocycles. The number of hydrogen-bond donors (Lipinski definition) is 2. The number of benzene rings is 2. The van der Waals surface area contributed by atoms with Crippen LogP contribution in [0.5, 0.6) is 0 Å². The predicted molar refractivity (Wildman–Crippen MR) is 116 cm³/mol. The molecule has 0 unspecified atom stereocenters. The first-order chi connectivity index (χ1) is 14.9. The van der Waals surface area contributed by atoms with Crippen molar-refractivity contribution in [2.45, 2.75) is 19.3 Å². The number of hydrogen-bond acceptors (Lipinski definition) is 5. The maximum absolute atomic E-state index is 13.1. The average molecular weight is 448 g/mol. The summed E-state index contributed by atoms with van der Waals surface area (Å²) in [7, 11) is 1.30. The van der Waals surface area contributed by atoms with Gasteiger partial charge in [-0.15, -0.1) is 0 Å². The molecule has 1 heterocycles. The van der Waals surface area contributed by atoms with Gasteiger partial charge in [-0.2, -0.15) is 0 Å². The second-order valence-corrected chi connectivity index (χ2v) is 7.50. The first kappa shape index (κ1) is 22.6. The van der Waals surface area contributed by atoms with Gasteiger partial charge in [-0.1, -0.05) is 11.6 Å². The maximum Gasteiger partial charge on any atom is 0.337 e. The summed E-state index contributed by atoms with van der Waals surface area (Å²) in [5.41, 5.74) is 1.81. The first-order valence-electron chi connectivity index (χ1n) is 9.89. The van der Waals surface area contributed by atoms with Crippen molar-refractivity contribution in [1.82, 2.24) is 5.32 Å². The Hall–Kier alpha value is -3.13. The van der Waals surface area contributed by atoms with Crippen LogP contribution in [0.3, 0.4) is 0 Å². The first-order valence-corrected chi connectivity index (χ1v) is 10.3. The number of ether oxygens (including phenoxy) is 1. The van der Waals surface area contributed by atoms with E-state index in [1.54, 1.807) is 18.2 Å². The van der Waals surface area contributed by atoms with Gasteiger partial charge in [0.15, 0.2) is 0 Å². The lowest BCUT2D eigenvalue weighted by molar-refractivity contribution is -0.116. The maximum atomic E-state index is 13.1. The van der Waals surface area contributed by atoms with Crippen molar-refractivity contribution in [3.63, 3.8) is 0 Å². The molecule has 0 spiro atoms. The zero-order valence-electron chi connectivity index (χ0n) is 17.0. The van der Waals surface area contributed by atoms with Crippen LogP contribution in [0.4, 0.5) is 15.8 Å². The van der Waals surface area contributed by atoms with Crippen LogP contribution in [-0.2, 0) is 9.53 Å². The third-order valence-corrected chi connectivity index (χ3v) is 5.26. The van der Waals surface area contributed by atoms with Crippen LogP contribution in [0.15, 0.2) is 36.4 Å². The van der Waals surface area contributed by atoms with Crippen molar-refractivity contribution in [3.8, 4) is 0 Å². The van der Waals surface area contributed by atoms with Crippen LogP contribution in [0.25, 0.3) is 0 Å². The number of amides is 2. The van der Waals surface area contributed by atoms with Gasteiger partial charge in [0.25, 0.3) is 5.91 Å². The number of carbonyl (C=O) groups is 3. The van der Waals surface area contributed by atoms with Crippen molar-refractivity contribution >= 4 is 40.8 Å². The summed E-state index contributed by atoms with van der Waals surface area (Å²) >= 11 is 5.88. The van der Waals surface area contributed by atoms with E-state index in [0.29, 0.717) is 11.3 Å². The number of nitrogens with one attached hydrogen (secondary N) is 2. The van der Waals surface area contributed by atoms with Gasteiger partial charge in [0.1, 0.15) is 5.82 Å². The molecule has 0 atom stereocenters. The molecule has 2 N–H and O–H groups in total. The molecule has 2 aromatic rings. The molecule has 2 amide bonds. The number of carbonyl (C=O) groups excluding carboxylic acids is 3. The highest BCUT2D eigenvalue weighted by molar-refractivity contribution is 6.33. The standard InChI is InChI=1S/C22H23ClFN3O4/c1-31-22(30)14-4-7-19(27-10-2-3-11-27)18(12-14)26-20(28)8-9-25-21(29)16-6-5-15(24)13-17(16)23/h4-7,12-13H,2-3,8-11H2,1H3,(H,25,29)(H,26,28). The molecular formula is C22H23ClFN3O4. The molecule has 7 nitrogen and oxygen atoms in total.